The second-order valence-corrected chi connectivity index (χ2v) is 9.08. The summed E-state index contributed by atoms with van der Waals surface area (Å²) in [5.41, 5.74) is -0.296. The number of benzene rings is 2. The largest absolute Gasteiger partial charge is 0.496 e. The van der Waals surface area contributed by atoms with E-state index in [0.717, 1.165) is 17.6 Å². The lowest BCUT2D eigenvalue weighted by Gasteiger charge is -2.33. The monoisotopic (exact) mass is 463 g/mol. The quantitative estimate of drug-likeness (QED) is 0.496. The fourth-order valence-corrected chi connectivity index (χ4v) is 5.23. The molecule has 2 N–H and O–H groups in total. The number of nitrogens with one attached hydrogen (secondary N) is 1. The maximum atomic E-state index is 14.6. The molecule has 1 fully saturated rings. The van der Waals surface area contributed by atoms with Crippen LogP contribution in [0.4, 0.5) is 19.0 Å². The number of rotatable bonds is 6. The van der Waals surface area contributed by atoms with Crippen LogP contribution in [0, 0.1) is 5.82 Å². The van der Waals surface area contributed by atoms with E-state index in [-0.39, 0.29) is 5.56 Å². The van der Waals surface area contributed by atoms with Crippen LogP contribution in [0.5, 0.6) is 5.75 Å². The van der Waals surface area contributed by atoms with Crippen molar-refractivity contribution >= 4 is 28.5 Å². The van der Waals surface area contributed by atoms with Gasteiger partial charge in [0.15, 0.2) is 0 Å². The van der Waals surface area contributed by atoms with E-state index in [1.807, 2.05) is 6.07 Å². The molecule has 0 spiro atoms. The standard InChI is InChI=1S/C23H24F3N3O2S/c1-13(14-4-3-5-15(20(14)24)21(25)26)29-22-16-10-17(23(30)6-8-32-9-7-23)19(31-2)11-18(16)27-12-28-22/h3-5,10-13,21,30H,6-9H2,1-2H3,(H,27,28,29). The minimum atomic E-state index is -2.90. The van der Waals surface area contributed by atoms with Gasteiger partial charge in [-0.2, -0.15) is 11.8 Å². The number of hydrogen-bond acceptors (Lipinski definition) is 6. The molecule has 2 heterocycles. The van der Waals surface area contributed by atoms with Crippen LogP contribution in [0.25, 0.3) is 10.9 Å². The van der Waals surface area contributed by atoms with Crippen molar-refractivity contribution in [3.63, 3.8) is 0 Å². The van der Waals surface area contributed by atoms with Crippen LogP contribution in [0.15, 0.2) is 36.7 Å². The molecule has 0 radical (unpaired) electrons. The van der Waals surface area contributed by atoms with Crippen molar-refractivity contribution in [3.8, 4) is 5.75 Å². The average Bonchev–Trinajstić information content (AvgIpc) is 2.78. The summed E-state index contributed by atoms with van der Waals surface area (Å²) >= 11 is 1.80. The molecule has 5 nitrogen and oxygen atoms in total. The highest BCUT2D eigenvalue weighted by molar-refractivity contribution is 7.99. The fourth-order valence-electron chi connectivity index (χ4n) is 4.06. The lowest BCUT2D eigenvalue weighted by atomic mass is 9.86. The lowest BCUT2D eigenvalue weighted by Crippen LogP contribution is -2.31. The molecule has 2 aromatic carbocycles. The van der Waals surface area contributed by atoms with Crippen molar-refractivity contribution in [2.45, 2.75) is 37.8 Å². The van der Waals surface area contributed by atoms with Crippen molar-refractivity contribution in [3.05, 3.63) is 59.2 Å². The molecule has 3 aromatic rings. The predicted molar refractivity (Wildman–Crippen MR) is 120 cm³/mol. The zero-order chi connectivity index (χ0) is 22.9. The minimum Gasteiger partial charge on any atom is -0.496 e. The Labute approximate surface area is 188 Å². The highest BCUT2D eigenvalue weighted by Gasteiger charge is 2.35. The Kier molecular flexibility index (Phi) is 6.48. The number of hydrogen-bond donors (Lipinski definition) is 2. The van der Waals surface area contributed by atoms with E-state index in [2.05, 4.69) is 15.3 Å². The van der Waals surface area contributed by atoms with Gasteiger partial charge >= 0.3 is 0 Å². The van der Waals surface area contributed by atoms with E-state index in [9.17, 15) is 18.3 Å². The molecule has 1 unspecified atom stereocenters. The number of fused-ring (bicyclic) bond motifs is 1. The van der Waals surface area contributed by atoms with E-state index in [0.29, 0.717) is 40.9 Å². The van der Waals surface area contributed by atoms with Crippen molar-refractivity contribution in [1.82, 2.24) is 9.97 Å². The Bertz CT molecular complexity index is 1120. The molecule has 0 saturated carbocycles. The van der Waals surface area contributed by atoms with Gasteiger partial charge in [-0.05, 0) is 37.3 Å². The third kappa shape index (κ3) is 4.23. The SMILES string of the molecule is COc1cc2ncnc(NC(C)c3cccc(C(F)F)c3F)c2cc1C1(O)CCSCC1. The number of methoxy groups -OCH3 is 1. The zero-order valence-corrected chi connectivity index (χ0v) is 18.6. The number of ether oxygens (including phenoxy) is 1. The third-order valence-electron chi connectivity index (χ3n) is 5.89. The highest BCUT2D eigenvalue weighted by Crippen LogP contribution is 2.42. The summed E-state index contributed by atoms with van der Waals surface area (Å²) in [4.78, 5) is 8.61. The number of anilines is 1. The first-order chi connectivity index (χ1) is 15.3. The summed E-state index contributed by atoms with van der Waals surface area (Å²) in [6.07, 6.45) is -0.337. The summed E-state index contributed by atoms with van der Waals surface area (Å²) < 4.78 is 46.4. The molecule has 0 bridgehead atoms. The first-order valence-electron chi connectivity index (χ1n) is 10.3. The van der Waals surface area contributed by atoms with Gasteiger partial charge in [-0.25, -0.2) is 23.1 Å². The second-order valence-electron chi connectivity index (χ2n) is 7.85. The van der Waals surface area contributed by atoms with E-state index in [1.165, 1.54) is 18.5 Å². The van der Waals surface area contributed by atoms with Gasteiger partial charge in [0.05, 0.1) is 29.8 Å². The van der Waals surface area contributed by atoms with Crippen molar-refractivity contribution in [1.29, 1.82) is 0 Å². The van der Waals surface area contributed by atoms with Gasteiger partial charge in [0, 0.05) is 22.6 Å². The minimum absolute atomic E-state index is 0.117. The summed E-state index contributed by atoms with van der Waals surface area (Å²) in [5.74, 6) is 1.70. The highest BCUT2D eigenvalue weighted by atomic mass is 32.2. The average molecular weight is 464 g/mol. The summed E-state index contributed by atoms with van der Waals surface area (Å²) in [6, 6.07) is 6.89. The molecule has 1 aliphatic rings. The molecule has 1 aromatic heterocycles. The van der Waals surface area contributed by atoms with Gasteiger partial charge in [-0.1, -0.05) is 18.2 Å². The van der Waals surface area contributed by atoms with Crippen LogP contribution < -0.4 is 10.1 Å². The molecule has 1 saturated heterocycles. The Morgan fingerprint density at radius 2 is 1.88 bits per heavy atom. The van der Waals surface area contributed by atoms with E-state index in [4.69, 9.17) is 4.74 Å². The van der Waals surface area contributed by atoms with Crippen LogP contribution in [-0.2, 0) is 5.60 Å². The molecule has 9 heteroatoms. The Morgan fingerprint density at radius 1 is 1.16 bits per heavy atom. The van der Waals surface area contributed by atoms with Gasteiger partial charge in [-0.3, -0.25) is 0 Å². The molecule has 32 heavy (non-hydrogen) atoms. The molecule has 4 rings (SSSR count). The number of aliphatic hydroxyl groups is 1. The Morgan fingerprint density at radius 3 is 2.56 bits per heavy atom. The van der Waals surface area contributed by atoms with Crippen LogP contribution in [-0.4, -0.2) is 33.7 Å². The molecular formula is C23H24F3N3O2S. The zero-order valence-electron chi connectivity index (χ0n) is 17.7. The molecule has 0 amide bonds. The predicted octanol–water partition coefficient (Wildman–Crippen LogP) is 5.60. The van der Waals surface area contributed by atoms with Gasteiger partial charge < -0.3 is 15.2 Å². The normalized spacial score (nSPS) is 16.8. The first kappa shape index (κ1) is 22.7. The van der Waals surface area contributed by atoms with Gasteiger partial charge in [0.1, 0.15) is 23.7 Å². The number of thioether (sulfide) groups is 1. The number of aromatic nitrogens is 2. The number of halogens is 3. The van der Waals surface area contributed by atoms with Crippen LogP contribution in [0.2, 0.25) is 0 Å². The van der Waals surface area contributed by atoms with Crippen molar-refractivity contribution in [2.75, 3.05) is 23.9 Å². The van der Waals surface area contributed by atoms with Crippen molar-refractivity contribution in [2.24, 2.45) is 0 Å². The first-order valence-corrected chi connectivity index (χ1v) is 11.5. The van der Waals surface area contributed by atoms with Crippen LogP contribution >= 0.6 is 11.8 Å². The second kappa shape index (κ2) is 9.15. The topological polar surface area (TPSA) is 67.3 Å². The third-order valence-corrected chi connectivity index (χ3v) is 6.88. The summed E-state index contributed by atoms with van der Waals surface area (Å²) in [7, 11) is 1.55. The molecular weight excluding hydrogens is 439 g/mol. The Balaban J connectivity index is 1.75. The number of alkyl halides is 2. The maximum absolute atomic E-state index is 14.6. The molecule has 0 aliphatic carbocycles. The number of nitrogens with zero attached hydrogens (tertiary/aromatic N) is 2. The van der Waals surface area contributed by atoms with Gasteiger partial charge in [0.25, 0.3) is 6.43 Å². The maximum Gasteiger partial charge on any atom is 0.266 e. The van der Waals surface area contributed by atoms with Gasteiger partial charge in [0.2, 0.25) is 0 Å². The molecule has 1 aliphatic heterocycles. The Hall–Kier alpha value is -2.52. The van der Waals surface area contributed by atoms with Crippen molar-refractivity contribution < 1.29 is 23.0 Å². The molecule has 170 valence electrons. The summed E-state index contributed by atoms with van der Waals surface area (Å²) in [5, 5.41) is 15.1. The smallest absolute Gasteiger partial charge is 0.266 e. The van der Waals surface area contributed by atoms with E-state index >= 15 is 0 Å². The van der Waals surface area contributed by atoms with Gasteiger partial charge in [-0.15, -0.1) is 0 Å². The summed E-state index contributed by atoms with van der Waals surface area (Å²) in [6.45, 7) is 1.68. The lowest BCUT2D eigenvalue weighted by molar-refractivity contribution is 0.0259. The van der Waals surface area contributed by atoms with Crippen LogP contribution in [0.3, 0.4) is 0 Å². The van der Waals surface area contributed by atoms with E-state index in [1.54, 1.807) is 31.9 Å². The fraction of sp³-hybridized carbons (Fsp3) is 0.391. The van der Waals surface area contributed by atoms with E-state index < -0.39 is 29.4 Å². The van der Waals surface area contributed by atoms with Crippen LogP contribution in [0.1, 0.15) is 48.9 Å². The molecule has 1 atom stereocenters.